The number of rotatable bonds is 4. The Balaban J connectivity index is 2.20. The molecule has 8 nitrogen and oxygen atoms in total. The summed E-state index contributed by atoms with van der Waals surface area (Å²) < 4.78 is 0. The number of carbonyl (C=O) groups is 2. The van der Waals surface area contributed by atoms with E-state index in [-0.39, 0.29) is 36.9 Å². The van der Waals surface area contributed by atoms with Crippen molar-refractivity contribution in [3.05, 3.63) is 33.9 Å². The fourth-order valence-electron chi connectivity index (χ4n) is 2.01. The van der Waals surface area contributed by atoms with Gasteiger partial charge in [0.25, 0.3) is 5.69 Å². The molecule has 0 saturated heterocycles. The van der Waals surface area contributed by atoms with E-state index in [4.69, 9.17) is 5.84 Å². The number of fused-ring (bicyclic) bond motifs is 1. The van der Waals surface area contributed by atoms with Gasteiger partial charge in [-0.1, -0.05) is 0 Å². The topological polar surface area (TPSA) is 119 Å². The highest BCUT2D eigenvalue weighted by Crippen LogP contribution is 2.31. The second-order valence-corrected chi connectivity index (χ2v) is 4.11. The number of hydrogen-bond acceptors (Lipinski definition) is 5. The predicted octanol–water partition coefficient (Wildman–Crippen LogP) is -0.136. The van der Waals surface area contributed by atoms with Gasteiger partial charge in [-0.15, -0.1) is 0 Å². The Bertz CT molecular complexity index is 558. The molecule has 19 heavy (non-hydrogen) atoms. The first-order chi connectivity index (χ1) is 9.02. The zero-order valence-electron chi connectivity index (χ0n) is 9.96. The van der Waals surface area contributed by atoms with Crippen LogP contribution in [-0.4, -0.2) is 23.3 Å². The second-order valence-electron chi connectivity index (χ2n) is 4.11. The van der Waals surface area contributed by atoms with Crippen LogP contribution in [0.25, 0.3) is 0 Å². The number of nitro groups is 1. The summed E-state index contributed by atoms with van der Waals surface area (Å²) in [7, 11) is 0. The third-order valence-electron chi connectivity index (χ3n) is 2.93. The van der Waals surface area contributed by atoms with Gasteiger partial charge in [-0.05, 0) is 11.6 Å². The first kappa shape index (κ1) is 13.0. The van der Waals surface area contributed by atoms with Gasteiger partial charge in [0.05, 0.1) is 11.3 Å². The highest BCUT2D eigenvalue weighted by Gasteiger charge is 2.28. The molecule has 0 spiro atoms. The molecule has 0 aliphatic carbocycles. The first-order valence-corrected chi connectivity index (χ1v) is 5.60. The predicted molar refractivity (Wildman–Crippen MR) is 66.1 cm³/mol. The van der Waals surface area contributed by atoms with Crippen molar-refractivity contribution in [3.8, 4) is 0 Å². The molecule has 1 aliphatic heterocycles. The zero-order valence-corrected chi connectivity index (χ0v) is 9.96. The summed E-state index contributed by atoms with van der Waals surface area (Å²) in [4.78, 5) is 34.5. The summed E-state index contributed by atoms with van der Waals surface area (Å²) in [6.07, 6.45) is 0.194. The average molecular weight is 264 g/mol. The van der Waals surface area contributed by atoms with Gasteiger partial charge in [-0.3, -0.25) is 25.1 Å². The highest BCUT2D eigenvalue weighted by molar-refractivity contribution is 6.02. The van der Waals surface area contributed by atoms with Gasteiger partial charge < -0.3 is 4.90 Å². The molecule has 100 valence electrons. The van der Waals surface area contributed by atoms with Crippen LogP contribution in [0.3, 0.4) is 0 Å². The molecule has 0 saturated carbocycles. The van der Waals surface area contributed by atoms with E-state index in [0.717, 1.165) is 0 Å². The van der Waals surface area contributed by atoms with Crippen LogP contribution in [0.1, 0.15) is 12.0 Å². The van der Waals surface area contributed by atoms with E-state index in [1.165, 1.54) is 23.1 Å². The molecule has 1 aromatic carbocycles. The lowest BCUT2D eigenvalue weighted by Gasteiger charge is -2.16. The third kappa shape index (κ3) is 2.52. The van der Waals surface area contributed by atoms with Crippen LogP contribution < -0.4 is 16.2 Å². The summed E-state index contributed by atoms with van der Waals surface area (Å²) in [5.74, 6) is 4.41. The average Bonchev–Trinajstić information content (AvgIpc) is 2.70. The van der Waals surface area contributed by atoms with E-state index in [1.54, 1.807) is 0 Å². The van der Waals surface area contributed by atoms with Gasteiger partial charge in [0.2, 0.25) is 11.8 Å². The first-order valence-electron chi connectivity index (χ1n) is 5.60. The van der Waals surface area contributed by atoms with Gasteiger partial charge in [-0.25, -0.2) is 5.84 Å². The summed E-state index contributed by atoms with van der Waals surface area (Å²) in [5, 5.41) is 10.7. The van der Waals surface area contributed by atoms with Crippen molar-refractivity contribution in [1.29, 1.82) is 0 Å². The van der Waals surface area contributed by atoms with Gasteiger partial charge in [0.15, 0.2) is 0 Å². The van der Waals surface area contributed by atoms with E-state index in [9.17, 15) is 19.7 Å². The number of nitrogens with zero attached hydrogens (tertiary/aromatic N) is 2. The van der Waals surface area contributed by atoms with Crippen LogP contribution in [-0.2, 0) is 16.0 Å². The largest absolute Gasteiger partial charge is 0.311 e. The molecule has 0 bridgehead atoms. The molecule has 0 atom stereocenters. The maximum Gasteiger partial charge on any atom is 0.269 e. The number of anilines is 1. The Kier molecular flexibility index (Phi) is 3.43. The van der Waals surface area contributed by atoms with Gasteiger partial charge in [0.1, 0.15) is 0 Å². The highest BCUT2D eigenvalue weighted by atomic mass is 16.6. The Hall–Kier alpha value is -2.48. The molecule has 8 heteroatoms. The maximum absolute atomic E-state index is 11.8. The summed E-state index contributed by atoms with van der Waals surface area (Å²) in [6, 6.07) is 4.25. The minimum absolute atomic E-state index is 0.0481. The molecule has 2 rings (SSSR count). The fraction of sp³-hybridized carbons (Fsp3) is 0.273. The number of carbonyl (C=O) groups excluding carboxylic acids is 2. The van der Waals surface area contributed by atoms with Crippen molar-refractivity contribution in [1.82, 2.24) is 5.43 Å². The number of nitrogens with one attached hydrogen (secondary N) is 1. The Morgan fingerprint density at radius 1 is 1.53 bits per heavy atom. The molecule has 1 aliphatic rings. The second kappa shape index (κ2) is 5.02. The minimum atomic E-state index is -0.505. The molecular formula is C11H12N4O4. The van der Waals surface area contributed by atoms with Crippen molar-refractivity contribution in [2.24, 2.45) is 5.84 Å². The number of nitrogens with two attached hydrogens (primary N) is 1. The SMILES string of the molecule is NNC(=O)CCN1C(=O)Cc2cc([N+](=O)[O-])ccc21. The van der Waals surface area contributed by atoms with Crippen LogP contribution in [0.15, 0.2) is 18.2 Å². The molecule has 0 unspecified atom stereocenters. The van der Waals surface area contributed by atoms with Crippen LogP contribution >= 0.6 is 0 Å². The van der Waals surface area contributed by atoms with Crippen LogP contribution in [0.2, 0.25) is 0 Å². The normalized spacial score (nSPS) is 13.3. The lowest BCUT2D eigenvalue weighted by molar-refractivity contribution is -0.384. The van der Waals surface area contributed by atoms with Crippen LogP contribution in [0.4, 0.5) is 11.4 Å². The maximum atomic E-state index is 11.8. The van der Waals surface area contributed by atoms with E-state index in [2.05, 4.69) is 0 Å². The lowest BCUT2D eigenvalue weighted by atomic mass is 10.1. The van der Waals surface area contributed by atoms with Crippen molar-refractivity contribution < 1.29 is 14.5 Å². The number of benzene rings is 1. The number of hydrogen-bond donors (Lipinski definition) is 2. The molecular weight excluding hydrogens is 252 g/mol. The number of non-ortho nitro benzene ring substituents is 1. The van der Waals surface area contributed by atoms with Crippen molar-refractivity contribution in [2.45, 2.75) is 12.8 Å². The summed E-state index contributed by atoms with van der Waals surface area (Å²) in [6.45, 7) is 0.201. The van der Waals surface area contributed by atoms with Crippen LogP contribution in [0.5, 0.6) is 0 Å². The van der Waals surface area contributed by atoms with Crippen molar-refractivity contribution >= 4 is 23.2 Å². The fourth-order valence-corrected chi connectivity index (χ4v) is 2.01. The number of amides is 2. The van der Waals surface area contributed by atoms with E-state index < -0.39 is 4.92 Å². The molecule has 0 radical (unpaired) electrons. The standard InChI is InChI=1S/C11H12N4O4/c12-13-10(16)3-4-14-9-2-1-8(15(18)19)5-7(9)6-11(14)17/h1-2,5H,3-4,6,12H2,(H,13,16). The molecule has 0 fully saturated rings. The number of nitro benzene ring substituents is 1. The van der Waals surface area contributed by atoms with Gasteiger partial charge in [-0.2, -0.15) is 0 Å². The van der Waals surface area contributed by atoms with E-state index in [1.807, 2.05) is 5.43 Å². The van der Waals surface area contributed by atoms with Crippen molar-refractivity contribution in [2.75, 3.05) is 11.4 Å². The zero-order chi connectivity index (χ0) is 14.0. The Morgan fingerprint density at radius 2 is 2.26 bits per heavy atom. The quantitative estimate of drug-likeness (QED) is 0.339. The monoisotopic (exact) mass is 264 g/mol. The smallest absolute Gasteiger partial charge is 0.269 e. The lowest BCUT2D eigenvalue weighted by Crippen LogP contribution is -2.35. The molecule has 0 aromatic heterocycles. The molecule has 1 aromatic rings. The molecule has 1 heterocycles. The summed E-state index contributed by atoms with van der Waals surface area (Å²) in [5.41, 5.74) is 3.15. The minimum Gasteiger partial charge on any atom is -0.311 e. The summed E-state index contributed by atoms with van der Waals surface area (Å²) >= 11 is 0. The van der Waals surface area contributed by atoms with Gasteiger partial charge in [0, 0.05) is 30.8 Å². The molecule has 3 N–H and O–H groups in total. The Labute approximate surface area is 108 Å². The number of hydrazine groups is 1. The van der Waals surface area contributed by atoms with E-state index >= 15 is 0 Å². The Morgan fingerprint density at radius 3 is 2.89 bits per heavy atom. The third-order valence-corrected chi connectivity index (χ3v) is 2.93. The van der Waals surface area contributed by atoms with Gasteiger partial charge >= 0.3 is 0 Å². The van der Waals surface area contributed by atoms with E-state index in [0.29, 0.717) is 11.3 Å². The van der Waals surface area contributed by atoms with Crippen LogP contribution in [0, 0.1) is 10.1 Å². The molecule has 2 amide bonds. The van der Waals surface area contributed by atoms with Crippen molar-refractivity contribution in [3.63, 3.8) is 0 Å².